The molecule has 0 heterocycles. The molecule has 17 heavy (non-hydrogen) atoms. The van der Waals surface area contributed by atoms with E-state index in [4.69, 9.17) is 8.42 Å². The summed E-state index contributed by atoms with van der Waals surface area (Å²) in [6.07, 6.45) is 0.813. The van der Waals surface area contributed by atoms with Gasteiger partial charge >= 0.3 is 18.9 Å². The first-order valence-corrected chi connectivity index (χ1v) is 11.2. The van der Waals surface area contributed by atoms with Gasteiger partial charge in [0.05, 0.1) is 11.5 Å². The van der Waals surface area contributed by atoms with E-state index in [1.807, 2.05) is 6.92 Å². The molecular formula is C7H19LiO6S2Si. The number of rotatable bonds is 7. The SMILES string of the molecule is CCC[Si](C)(C)OS(=O)(=O)CCS(=O)(=O)O.[H-].[Li+]. The fourth-order valence-corrected chi connectivity index (χ4v) is 7.52. The van der Waals surface area contributed by atoms with Crippen LogP contribution in [0.4, 0.5) is 0 Å². The van der Waals surface area contributed by atoms with Crippen molar-refractivity contribution in [3.8, 4) is 0 Å². The van der Waals surface area contributed by atoms with Gasteiger partial charge < -0.3 is 5.30 Å². The molecule has 0 saturated heterocycles. The van der Waals surface area contributed by atoms with Crippen molar-refractivity contribution in [3.63, 3.8) is 0 Å². The van der Waals surface area contributed by atoms with Gasteiger partial charge in [-0.1, -0.05) is 13.3 Å². The van der Waals surface area contributed by atoms with Gasteiger partial charge in [-0.15, -0.1) is 0 Å². The Hall–Kier alpha value is 0.634. The molecule has 0 aliphatic rings. The molecule has 0 atom stereocenters. The Kier molecular flexibility index (Phi) is 8.55. The van der Waals surface area contributed by atoms with Crippen molar-refractivity contribution in [2.24, 2.45) is 0 Å². The molecular weight excluding hydrogens is 279 g/mol. The second-order valence-corrected chi connectivity index (χ2v) is 11.9. The first-order chi connectivity index (χ1) is 6.97. The second-order valence-electron chi connectivity index (χ2n) is 4.14. The maximum absolute atomic E-state index is 11.4. The summed E-state index contributed by atoms with van der Waals surface area (Å²) < 4.78 is 57.1. The summed E-state index contributed by atoms with van der Waals surface area (Å²) in [5, 5.41) is 0. The van der Waals surface area contributed by atoms with Crippen molar-refractivity contribution < 1.29 is 45.5 Å². The quantitative estimate of drug-likeness (QED) is 0.429. The van der Waals surface area contributed by atoms with Crippen LogP contribution in [0.1, 0.15) is 14.8 Å². The molecule has 1 N–H and O–H groups in total. The van der Waals surface area contributed by atoms with Crippen LogP contribution in [0.25, 0.3) is 0 Å². The first-order valence-electron chi connectivity index (χ1n) is 4.86. The average molecular weight is 298 g/mol. The van der Waals surface area contributed by atoms with E-state index in [-0.39, 0.29) is 20.3 Å². The smallest absolute Gasteiger partial charge is 1.00 e. The summed E-state index contributed by atoms with van der Waals surface area (Å²) in [7, 11) is -10.4. The Morgan fingerprint density at radius 2 is 1.65 bits per heavy atom. The Bertz CT molecular complexity index is 421. The monoisotopic (exact) mass is 298 g/mol. The van der Waals surface area contributed by atoms with E-state index >= 15 is 0 Å². The van der Waals surface area contributed by atoms with Crippen LogP contribution in [0.15, 0.2) is 0 Å². The van der Waals surface area contributed by atoms with E-state index in [1.54, 1.807) is 13.1 Å². The molecule has 0 rings (SSSR count). The maximum atomic E-state index is 11.4. The fourth-order valence-electron chi connectivity index (χ4n) is 1.24. The van der Waals surface area contributed by atoms with Crippen molar-refractivity contribution >= 4 is 28.6 Å². The molecule has 0 spiro atoms. The van der Waals surface area contributed by atoms with E-state index in [1.165, 1.54) is 0 Å². The van der Waals surface area contributed by atoms with Crippen LogP contribution in [-0.4, -0.2) is 41.2 Å². The van der Waals surface area contributed by atoms with Gasteiger partial charge in [0, 0.05) is 0 Å². The van der Waals surface area contributed by atoms with Crippen molar-refractivity contribution in [2.45, 2.75) is 32.5 Å². The van der Waals surface area contributed by atoms with Crippen molar-refractivity contribution in [1.82, 2.24) is 0 Å². The van der Waals surface area contributed by atoms with Crippen LogP contribution < -0.4 is 18.9 Å². The maximum Gasteiger partial charge on any atom is 1.00 e. The normalized spacial score (nSPS) is 13.2. The summed E-state index contributed by atoms with van der Waals surface area (Å²) in [5.74, 6) is -1.53. The van der Waals surface area contributed by atoms with Crippen molar-refractivity contribution in [1.29, 1.82) is 0 Å². The Morgan fingerprint density at radius 3 is 2.00 bits per heavy atom. The standard InChI is InChI=1S/C7H18O6S2Si.Li.H/c1-4-7-16(2,3)13-15(11,12)6-5-14(8,9)10;;/h4-7H2,1-3H3,(H,8,9,10);;/q;+1;-1. The summed E-state index contributed by atoms with van der Waals surface area (Å²) in [5.41, 5.74) is 0. The van der Waals surface area contributed by atoms with E-state index in [2.05, 4.69) is 0 Å². The third kappa shape index (κ3) is 11.5. The van der Waals surface area contributed by atoms with Crippen LogP contribution in [0.5, 0.6) is 0 Å². The zero-order valence-corrected chi connectivity index (χ0v) is 13.3. The largest absolute Gasteiger partial charge is 1.00 e. The minimum absolute atomic E-state index is 0. The summed E-state index contributed by atoms with van der Waals surface area (Å²) in [6, 6.07) is 0.679. The van der Waals surface area contributed by atoms with Crippen LogP contribution >= 0.6 is 0 Å². The van der Waals surface area contributed by atoms with Crippen molar-refractivity contribution in [2.75, 3.05) is 11.5 Å². The van der Waals surface area contributed by atoms with Gasteiger partial charge in [0.25, 0.3) is 20.2 Å². The van der Waals surface area contributed by atoms with Gasteiger partial charge in [-0.05, 0) is 19.1 Å². The molecule has 0 amide bonds. The molecule has 10 heteroatoms. The molecule has 100 valence electrons. The Morgan fingerprint density at radius 1 is 1.18 bits per heavy atom. The average Bonchev–Trinajstić information content (AvgIpc) is 1.97. The van der Waals surface area contributed by atoms with Gasteiger partial charge in [-0.25, -0.2) is 8.42 Å². The van der Waals surface area contributed by atoms with Crippen LogP contribution in [0.3, 0.4) is 0 Å². The van der Waals surface area contributed by atoms with E-state index in [9.17, 15) is 16.8 Å². The molecule has 0 saturated carbocycles. The molecule has 0 aromatic carbocycles. The summed E-state index contributed by atoms with van der Waals surface area (Å²) in [4.78, 5) is 0. The molecule has 6 nitrogen and oxygen atoms in total. The van der Waals surface area contributed by atoms with E-state index in [0.29, 0.717) is 6.04 Å². The molecule has 0 bridgehead atoms. The zero-order valence-electron chi connectivity index (χ0n) is 11.6. The Balaban J connectivity index is -0.00000112. The van der Waals surface area contributed by atoms with Gasteiger partial charge in [-0.3, -0.25) is 4.55 Å². The molecule has 0 radical (unpaired) electrons. The predicted molar refractivity (Wildman–Crippen MR) is 65.0 cm³/mol. The minimum atomic E-state index is -4.27. The molecule has 0 aliphatic heterocycles. The second kappa shape index (κ2) is 7.28. The Labute approximate surface area is 118 Å². The van der Waals surface area contributed by atoms with Gasteiger partial charge in [-0.2, -0.15) is 8.42 Å². The summed E-state index contributed by atoms with van der Waals surface area (Å²) in [6.45, 7) is 5.42. The van der Waals surface area contributed by atoms with Crippen LogP contribution in [0, 0.1) is 0 Å². The molecule has 0 fully saturated rings. The molecule has 0 aromatic rings. The molecule has 0 aromatic heterocycles. The fraction of sp³-hybridized carbons (Fsp3) is 1.00. The van der Waals surface area contributed by atoms with Gasteiger partial charge in [0.15, 0.2) is 0 Å². The third-order valence-electron chi connectivity index (χ3n) is 1.80. The summed E-state index contributed by atoms with van der Waals surface area (Å²) >= 11 is 0. The topological polar surface area (TPSA) is 97.7 Å². The van der Waals surface area contributed by atoms with Crippen LogP contribution in [0.2, 0.25) is 19.1 Å². The molecule has 0 unspecified atom stereocenters. The van der Waals surface area contributed by atoms with Gasteiger partial charge in [0.2, 0.25) is 8.32 Å². The number of hydrogen-bond donors (Lipinski definition) is 1. The minimum Gasteiger partial charge on any atom is -1.00 e. The van der Waals surface area contributed by atoms with Gasteiger partial charge in [0.1, 0.15) is 0 Å². The predicted octanol–water partition coefficient (Wildman–Crippen LogP) is -2.05. The van der Waals surface area contributed by atoms with E-state index < -0.39 is 40.1 Å². The number of hydrogen-bond acceptors (Lipinski definition) is 5. The van der Waals surface area contributed by atoms with E-state index in [0.717, 1.165) is 6.42 Å². The third-order valence-corrected chi connectivity index (χ3v) is 8.00. The van der Waals surface area contributed by atoms with Crippen LogP contribution in [-0.2, 0) is 24.1 Å². The molecule has 0 aliphatic carbocycles. The van der Waals surface area contributed by atoms with Crippen molar-refractivity contribution in [3.05, 3.63) is 0 Å². The zero-order chi connectivity index (χ0) is 13.0. The first kappa shape index (κ1) is 20.0.